The van der Waals surface area contributed by atoms with Crippen LogP contribution in [0.25, 0.3) is 11.1 Å². The van der Waals surface area contributed by atoms with Crippen molar-refractivity contribution < 1.29 is 22.4 Å². The molecule has 1 aliphatic heterocycles. The molecule has 0 spiro atoms. The summed E-state index contributed by atoms with van der Waals surface area (Å²) in [5, 5.41) is 5.14. The van der Waals surface area contributed by atoms with E-state index >= 15 is 0 Å². The Bertz CT molecular complexity index is 1240. The molecule has 0 radical (unpaired) electrons. The SMILES string of the molecule is CN1CCN(Cc2ccc(NC(=O)CNc3ccc(-c4ccc(N)nc4)cc3F)cc2C(F)(F)F)CC1. The molecule has 7 nitrogen and oxygen atoms in total. The van der Waals surface area contributed by atoms with Crippen molar-refractivity contribution in [3.63, 3.8) is 0 Å². The summed E-state index contributed by atoms with van der Waals surface area (Å²) in [4.78, 5) is 20.5. The fraction of sp³-hybridized carbons (Fsp3) is 0.308. The Hall–Kier alpha value is -3.70. The highest BCUT2D eigenvalue weighted by Crippen LogP contribution is 2.34. The third kappa shape index (κ3) is 6.95. The van der Waals surface area contributed by atoms with E-state index in [1.807, 2.05) is 11.9 Å². The molecule has 0 saturated carbocycles. The van der Waals surface area contributed by atoms with E-state index in [1.54, 1.807) is 18.2 Å². The molecule has 2 heterocycles. The number of alkyl halides is 3. The zero-order chi connectivity index (χ0) is 26.6. The fourth-order valence-corrected chi connectivity index (χ4v) is 4.10. The highest BCUT2D eigenvalue weighted by Gasteiger charge is 2.34. The number of nitrogens with one attached hydrogen (secondary N) is 2. The Labute approximate surface area is 212 Å². The summed E-state index contributed by atoms with van der Waals surface area (Å²) in [7, 11) is 1.98. The number of benzene rings is 2. The molecule has 3 aromatic rings. The van der Waals surface area contributed by atoms with Gasteiger partial charge in [-0.1, -0.05) is 12.1 Å². The molecule has 4 N–H and O–H groups in total. The zero-order valence-electron chi connectivity index (χ0n) is 20.3. The summed E-state index contributed by atoms with van der Waals surface area (Å²) in [6.45, 7) is 2.82. The minimum Gasteiger partial charge on any atom is -0.384 e. The normalized spacial score (nSPS) is 14.9. The van der Waals surface area contributed by atoms with Gasteiger partial charge in [0.25, 0.3) is 0 Å². The lowest BCUT2D eigenvalue weighted by Crippen LogP contribution is -2.44. The lowest BCUT2D eigenvalue weighted by atomic mass is 10.0. The van der Waals surface area contributed by atoms with Crippen LogP contribution in [-0.2, 0) is 17.5 Å². The van der Waals surface area contributed by atoms with Crippen molar-refractivity contribution in [1.29, 1.82) is 0 Å². The monoisotopic (exact) mass is 516 g/mol. The van der Waals surface area contributed by atoms with Gasteiger partial charge in [-0.3, -0.25) is 9.69 Å². The first kappa shape index (κ1) is 26.4. The number of nitrogen functional groups attached to an aromatic ring is 1. The van der Waals surface area contributed by atoms with Gasteiger partial charge in [-0.2, -0.15) is 13.2 Å². The number of carbonyl (C=O) groups is 1. The number of pyridine rings is 1. The van der Waals surface area contributed by atoms with E-state index in [9.17, 15) is 22.4 Å². The standard InChI is InChI=1S/C26H28F4N6O/c1-35-8-10-36(11-9-35)16-19-2-5-20(13-21(19)26(28,29)30)34-25(37)15-32-23-6-3-17(12-22(23)27)18-4-7-24(31)33-14-18/h2-7,12-14,32H,8-11,15-16H2,1H3,(H2,31,33)(H,34,37). The molecule has 1 aromatic heterocycles. The van der Waals surface area contributed by atoms with Crippen LogP contribution in [0.3, 0.4) is 0 Å². The molecular weight excluding hydrogens is 488 g/mol. The number of anilines is 3. The average molecular weight is 517 g/mol. The van der Waals surface area contributed by atoms with Crippen LogP contribution in [0.15, 0.2) is 54.7 Å². The number of nitrogens with zero attached hydrogens (tertiary/aromatic N) is 3. The van der Waals surface area contributed by atoms with Gasteiger partial charge in [-0.05, 0) is 54.6 Å². The summed E-state index contributed by atoms with van der Waals surface area (Å²) in [5.74, 6) is -0.846. The van der Waals surface area contributed by atoms with E-state index in [-0.39, 0.29) is 30.0 Å². The van der Waals surface area contributed by atoms with Crippen LogP contribution in [0.4, 0.5) is 34.8 Å². The molecular formula is C26H28F4N6O. The molecule has 1 amide bonds. The summed E-state index contributed by atoms with van der Waals surface area (Å²) < 4.78 is 55.9. The number of nitrogens with two attached hydrogens (primary N) is 1. The highest BCUT2D eigenvalue weighted by atomic mass is 19.4. The number of likely N-dealkylation sites (N-methyl/N-ethyl adjacent to an activating group) is 1. The maximum atomic E-state index is 14.6. The van der Waals surface area contributed by atoms with Gasteiger partial charge in [0.05, 0.1) is 17.8 Å². The second-order valence-corrected chi connectivity index (χ2v) is 9.02. The van der Waals surface area contributed by atoms with E-state index < -0.39 is 23.5 Å². The van der Waals surface area contributed by atoms with Crippen LogP contribution in [0, 0.1) is 5.82 Å². The maximum absolute atomic E-state index is 14.6. The second kappa shape index (κ2) is 11.1. The van der Waals surface area contributed by atoms with Crippen molar-refractivity contribution in [2.24, 2.45) is 0 Å². The minimum atomic E-state index is -4.56. The van der Waals surface area contributed by atoms with Gasteiger partial charge >= 0.3 is 6.18 Å². The smallest absolute Gasteiger partial charge is 0.384 e. The molecule has 1 saturated heterocycles. The molecule has 0 unspecified atom stereocenters. The van der Waals surface area contributed by atoms with Crippen molar-refractivity contribution in [2.75, 3.05) is 56.1 Å². The first-order chi connectivity index (χ1) is 17.6. The zero-order valence-corrected chi connectivity index (χ0v) is 20.3. The van der Waals surface area contributed by atoms with Crippen molar-refractivity contribution in [2.45, 2.75) is 12.7 Å². The summed E-state index contributed by atoms with van der Waals surface area (Å²) in [5.41, 5.74) is 6.31. The Kier molecular flexibility index (Phi) is 7.94. The van der Waals surface area contributed by atoms with Crippen molar-refractivity contribution in [3.05, 3.63) is 71.7 Å². The van der Waals surface area contributed by atoms with Gasteiger partial charge in [-0.15, -0.1) is 0 Å². The maximum Gasteiger partial charge on any atom is 0.416 e. The average Bonchev–Trinajstić information content (AvgIpc) is 2.85. The number of halogens is 4. The molecule has 11 heteroatoms. The summed E-state index contributed by atoms with van der Waals surface area (Å²) in [6.07, 6.45) is -3.04. The van der Waals surface area contributed by atoms with Crippen LogP contribution in [0.2, 0.25) is 0 Å². The molecule has 2 aromatic carbocycles. The van der Waals surface area contributed by atoms with Gasteiger partial charge in [0, 0.05) is 50.2 Å². The second-order valence-electron chi connectivity index (χ2n) is 9.02. The van der Waals surface area contributed by atoms with Gasteiger partial charge in [0.2, 0.25) is 5.91 Å². The van der Waals surface area contributed by atoms with Gasteiger partial charge in [0.1, 0.15) is 11.6 Å². The topological polar surface area (TPSA) is 86.5 Å². The molecule has 0 atom stereocenters. The predicted molar refractivity (Wildman–Crippen MR) is 135 cm³/mol. The van der Waals surface area contributed by atoms with E-state index in [1.165, 1.54) is 30.5 Å². The van der Waals surface area contributed by atoms with Crippen LogP contribution in [0.1, 0.15) is 11.1 Å². The Morgan fingerprint density at radius 2 is 1.76 bits per heavy atom. The lowest BCUT2D eigenvalue weighted by Gasteiger charge is -2.33. The fourth-order valence-electron chi connectivity index (χ4n) is 4.10. The number of aromatic nitrogens is 1. The third-order valence-corrected chi connectivity index (χ3v) is 6.22. The first-order valence-electron chi connectivity index (χ1n) is 11.7. The number of hydrogen-bond donors (Lipinski definition) is 3. The van der Waals surface area contributed by atoms with Crippen molar-refractivity contribution >= 4 is 23.1 Å². The summed E-state index contributed by atoms with van der Waals surface area (Å²) in [6, 6.07) is 11.5. The number of carbonyl (C=O) groups excluding carboxylic acids is 1. The number of piperazine rings is 1. The van der Waals surface area contributed by atoms with Crippen LogP contribution >= 0.6 is 0 Å². The highest BCUT2D eigenvalue weighted by molar-refractivity contribution is 5.94. The first-order valence-corrected chi connectivity index (χ1v) is 11.7. The number of hydrogen-bond acceptors (Lipinski definition) is 6. The Morgan fingerprint density at radius 3 is 2.41 bits per heavy atom. The van der Waals surface area contributed by atoms with E-state index in [4.69, 9.17) is 5.73 Å². The van der Waals surface area contributed by atoms with Crippen molar-refractivity contribution in [1.82, 2.24) is 14.8 Å². The van der Waals surface area contributed by atoms with Gasteiger partial charge < -0.3 is 21.3 Å². The van der Waals surface area contributed by atoms with Gasteiger partial charge in [0.15, 0.2) is 0 Å². The quantitative estimate of drug-likeness (QED) is 0.407. The van der Waals surface area contributed by atoms with Crippen LogP contribution in [-0.4, -0.2) is 60.5 Å². The predicted octanol–water partition coefficient (Wildman–Crippen LogP) is 4.29. The molecule has 0 bridgehead atoms. The number of amides is 1. The van der Waals surface area contributed by atoms with E-state index in [0.717, 1.165) is 19.2 Å². The van der Waals surface area contributed by atoms with E-state index in [0.29, 0.717) is 30.0 Å². The Morgan fingerprint density at radius 1 is 1.03 bits per heavy atom. The third-order valence-electron chi connectivity index (χ3n) is 6.22. The lowest BCUT2D eigenvalue weighted by molar-refractivity contribution is -0.138. The minimum absolute atomic E-state index is 0.0212. The molecule has 1 fully saturated rings. The van der Waals surface area contributed by atoms with Gasteiger partial charge in [-0.25, -0.2) is 9.37 Å². The van der Waals surface area contributed by atoms with Crippen molar-refractivity contribution in [3.8, 4) is 11.1 Å². The van der Waals surface area contributed by atoms with Crippen LogP contribution < -0.4 is 16.4 Å². The molecule has 0 aliphatic carbocycles. The molecule has 37 heavy (non-hydrogen) atoms. The molecule has 196 valence electrons. The van der Waals surface area contributed by atoms with E-state index in [2.05, 4.69) is 20.5 Å². The Balaban J connectivity index is 1.38. The summed E-state index contributed by atoms with van der Waals surface area (Å²) >= 11 is 0. The largest absolute Gasteiger partial charge is 0.416 e. The molecule has 1 aliphatic rings. The molecule has 4 rings (SSSR count). The number of rotatable bonds is 7. The van der Waals surface area contributed by atoms with Crippen LogP contribution in [0.5, 0.6) is 0 Å².